The highest BCUT2D eigenvalue weighted by Crippen LogP contribution is 2.12. The van der Waals surface area contributed by atoms with Crippen molar-refractivity contribution in [3.8, 4) is 0 Å². The third-order valence-corrected chi connectivity index (χ3v) is 3.51. The van der Waals surface area contributed by atoms with E-state index in [0.717, 1.165) is 25.2 Å². The zero-order valence-electron chi connectivity index (χ0n) is 12.2. The Morgan fingerprint density at radius 3 is 2.59 bits per heavy atom. The van der Waals surface area contributed by atoms with Gasteiger partial charge in [-0.1, -0.05) is 6.07 Å². The van der Waals surface area contributed by atoms with E-state index in [0.29, 0.717) is 19.8 Å². The molecule has 1 unspecified atom stereocenters. The number of carbonyl (C=O) groups is 1. The zero-order chi connectivity index (χ0) is 15.9. The van der Waals surface area contributed by atoms with Crippen LogP contribution >= 0.6 is 0 Å². The molecule has 1 aromatic rings. The van der Waals surface area contributed by atoms with E-state index in [1.165, 1.54) is 6.07 Å². The van der Waals surface area contributed by atoms with Crippen LogP contribution in [-0.2, 0) is 16.0 Å². The van der Waals surface area contributed by atoms with Crippen LogP contribution in [-0.4, -0.2) is 61.4 Å². The fourth-order valence-corrected chi connectivity index (χ4v) is 2.30. The second kappa shape index (κ2) is 8.17. The Hall–Kier alpha value is -1.57. The van der Waals surface area contributed by atoms with Crippen LogP contribution in [0, 0.1) is 11.6 Å². The molecule has 0 saturated carbocycles. The summed E-state index contributed by atoms with van der Waals surface area (Å²) in [6, 6.07) is 3.47. The number of amides is 1. The van der Waals surface area contributed by atoms with Gasteiger partial charge in [0.1, 0.15) is 11.6 Å². The average molecular weight is 314 g/mol. The molecule has 1 atom stereocenters. The van der Waals surface area contributed by atoms with Crippen molar-refractivity contribution in [3.05, 3.63) is 35.4 Å². The number of benzene rings is 1. The zero-order valence-corrected chi connectivity index (χ0v) is 12.2. The van der Waals surface area contributed by atoms with E-state index in [1.54, 1.807) is 0 Å². The quantitative estimate of drug-likeness (QED) is 0.794. The molecular formula is C15H20F2N2O3. The number of nitrogens with one attached hydrogen (secondary N) is 1. The molecule has 0 bridgehead atoms. The summed E-state index contributed by atoms with van der Waals surface area (Å²) in [7, 11) is 0. The van der Waals surface area contributed by atoms with Gasteiger partial charge in [0.2, 0.25) is 5.91 Å². The molecule has 2 rings (SSSR count). The van der Waals surface area contributed by atoms with Crippen LogP contribution in [0.15, 0.2) is 18.2 Å². The second-order valence-corrected chi connectivity index (χ2v) is 5.25. The van der Waals surface area contributed by atoms with Crippen LogP contribution < -0.4 is 5.32 Å². The van der Waals surface area contributed by atoms with Gasteiger partial charge in [0.25, 0.3) is 0 Å². The van der Waals surface area contributed by atoms with E-state index in [4.69, 9.17) is 4.74 Å². The summed E-state index contributed by atoms with van der Waals surface area (Å²) in [5, 5.41) is 12.4. The van der Waals surface area contributed by atoms with Crippen molar-refractivity contribution in [2.45, 2.75) is 12.5 Å². The summed E-state index contributed by atoms with van der Waals surface area (Å²) in [6.45, 7) is 3.22. The molecule has 0 radical (unpaired) electrons. The predicted molar refractivity (Wildman–Crippen MR) is 76.3 cm³/mol. The van der Waals surface area contributed by atoms with Crippen molar-refractivity contribution in [3.63, 3.8) is 0 Å². The van der Waals surface area contributed by atoms with Gasteiger partial charge >= 0.3 is 0 Å². The molecule has 1 saturated heterocycles. The number of aliphatic hydroxyl groups is 1. The van der Waals surface area contributed by atoms with Crippen LogP contribution in [0.2, 0.25) is 0 Å². The smallest absolute Gasteiger partial charge is 0.224 e. The fraction of sp³-hybridized carbons (Fsp3) is 0.533. The van der Waals surface area contributed by atoms with Gasteiger partial charge in [-0.2, -0.15) is 0 Å². The highest BCUT2D eigenvalue weighted by Gasteiger charge is 2.17. The summed E-state index contributed by atoms with van der Waals surface area (Å²) in [6.07, 6.45) is -1.12. The number of hydrogen-bond donors (Lipinski definition) is 2. The number of β-amino-alcohol motifs (C(OH)–C–C–N with tert-alkyl or cyclic N) is 1. The van der Waals surface area contributed by atoms with Crippen molar-refractivity contribution in [1.29, 1.82) is 0 Å². The lowest BCUT2D eigenvalue weighted by atomic mass is 10.1. The third kappa shape index (κ3) is 5.01. The van der Waals surface area contributed by atoms with E-state index >= 15 is 0 Å². The number of ether oxygens (including phenoxy) is 1. The van der Waals surface area contributed by atoms with E-state index in [1.807, 2.05) is 4.90 Å². The molecule has 0 aromatic heterocycles. The lowest BCUT2D eigenvalue weighted by Gasteiger charge is -2.28. The van der Waals surface area contributed by atoms with Gasteiger partial charge in [-0.3, -0.25) is 9.69 Å². The van der Waals surface area contributed by atoms with Crippen molar-refractivity contribution in [1.82, 2.24) is 10.2 Å². The predicted octanol–water partition coefficient (Wildman–Crippen LogP) is 0.317. The number of rotatable bonds is 6. The number of hydrogen-bond acceptors (Lipinski definition) is 4. The number of nitrogens with zero attached hydrogens (tertiary/aromatic N) is 1. The molecule has 1 fully saturated rings. The molecule has 1 heterocycles. The first-order valence-electron chi connectivity index (χ1n) is 7.24. The minimum Gasteiger partial charge on any atom is -0.390 e. The van der Waals surface area contributed by atoms with Gasteiger partial charge in [0, 0.05) is 31.7 Å². The Morgan fingerprint density at radius 1 is 1.32 bits per heavy atom. The normalized spacial score (nSPS) is 17.2. The summed E-state index contributed by atoms with van der Waals surface area (Å²) >= 11 is 0. The summed E-state index contributed by atoms with van der Waals surface area (Å²) < 4.78 is 32.1. The molecule has 1 aromatic carbocycles. The molecule has 5 nitrogen and oxygen atoms in total. The van der Waals surface area contributed by atoms with Gasteiger partial charge in [0.05, 0.1) is 25.7 Å². The highest BCUT2D eigenvalue weighted by molar-refractivity contribution is 5.78. The van der Waals surface area contributed by atoms with Crippen LogP contribution in [0.25, 0.3) is 0 Å². The third-order valence-electron chi connectivity index (χ3n) is 3.51. The topological polar surface area (TPSA) is 61.8 Å². The number of carbonyl (C=O) groups excluding carboxylic acids is 1. The van der Waals surface area contributed by atoms with E-state index in [9.17, 15) is 18.7 Å². The number of halogens is 2. The SMILES string of the molecule is O=C(Cc1c(F)cccc1F)NCC(O)CN1CCOCC1. The van der Waals surface area contributed by atoms with Crippen LogP contribution in [0.3, 0.4) is 0 Å². The van der Waals surface area contributed by atoms with E-state index in [-0.39, 0.29) is 18.5 Å². The highest BCUT2D eigenvalue weighted by atomic mass is 19.1. The maximum Gasteiger partial charge on any atom is 0.224 e. The first-order chi connectivity index (χ1) is 10.6. The first-order valence-corrected chi connectivity index (χ1v) is 7.24. The Labute approximate surface area is 127 Å². The standard InChI is InChI=1S/C15H20F2N2O3/c16-13-2-1-3-14(17)12(13)8-15(21)18-9-11(20)10-19-4-6-22-7-5-19/h1-3,11,20H,4-10H2,(H,18,21). The first kappa shape index (κ1) is 16.8. The number of aliphatic hydroxyl groups excluding tert-OH is 1. The molecule has 1 amide bonds. The summed E-state index contributed by atoms with van der Waals surface area (Å²) in [5.41, 5.74) is -0.261. The molecular weight excluding hydrogens is 294 g/mol. The van der Waals surface area contributed by atoms with Gasteiger partial charge < -0.3 is 15.2 Å². The minimum absolute atomic E-state index is 0.0479. The lowest BCUT2D eigenvalue weighted by molar-refractivity contribution is -0.121. The van der Waals surface area contributed by atoms with Crippen molar-refractivity contribution in [2.24, 2.45) is 0 Å². The molecule has 1 aliphatic heterocycles. The van der Waals surface area contributed by atoms with Gasteiger partial charge in [-0.15, -0.1) is 0 Å². The van der Waals surface area contributed by atoms with Crippen molar-refractivity contribution < 1.29 is 23.4 Å². The Bertz CT molecular complexity index is 487. The Morgan fingerprint density at radius 2 is 1.95 bits per heavy atom. The maximum absolute atomic E-state index is 13.4. The van der Waals surface area contributed by atoms with Crippen molar-refractivity contribution >= 4 is 5.91 Å². The largest absolute Gasteiger partial charge is 0.390 e. The second-order valence-electron chi connectivity index (χ2n) is 5.25. The van der Waals surface area contributed by atoms with Crippen molar-refractivity contribution in [2.75, 3.05) is 39.4 Å². The molecule has 0 aliphatic carbocycles. The van der Waals surface area contributed by atoms with Gasteiger partial charge in [-0.05, 0) is 12.1 Å². The average Bonchev–Trinajstić information content (AvgIpc) is 2.50. The van der Waals surface area contributed by atoms with E-state index < -0.39 is 23.6 Å². The molecule has 122 valence electrons. The van der Waals surface area contributed by atoms with Crippen LogP contribution in [0.4, 0.5) is 8.78 Å². The van der Waals surface area contributed by atoms with Gasteiger partial charge in [-0.25, -0.2) is 8.78 Å². The summed E-state index contributed by atoms with van der Waals surface area (Å²) in [4.78, 5) is 13.8. The van der Waals surface area contributed by atoms with E-state index in [2.05, 4.69) is 5.32 Å². The van der Waals surface area contributed by atoms with Crippen LogP contribution in [0.5, 0.6) is 0 Å². The monoisotopic (exact) mass is 314 g/mol. The van der Waals surface area contributed by atoms with Crippen LogP contribution in [0.1, 0.15) is 5.56 Å². The van der Waals surface area contributed by atoms with Gasteiger partial charge in [0.15, 0.2) is 0 Å². The lowest BCUT2D eigenvalue weighted by Crippen LogP contribution is -2.44. The molecule has 7 heteroatoms. The molecule has 0 spiro atoms. The molecule has 1 aliphatic rings. The Balaban J connectivity index is 1.75. The molecule has 22 heavy (non-hydrogen) atoms. The molecule has 2 N–H and O–H groups in total. The fourth-order valence-electron chi connectivity index (χ4n) is 2.30. The minimum atomic E-state index is -0.746. The number of morpholine rings is 1. The summed E-state index contributed by atoms with van der Waals surface area (Å²) in [5.74, 6) is -2.02. The Kier molecular flexibility index (Phi) is 6.23. The maximum atomic E-state index is 13.4.